The van der Waals surface area contributed by atoms with Gasteiger partial charge >= 0.3 is 0 Å². The van der Waals surface area contributed by atoms with Gasteiger partial charge in [0.1, 0.15) is 11.4 Å². The molecule has 0 aliphatic carbocycles. The highest BCUT2D eigenvalue weighted by Crippen LogP contribution is 2.26. The SMILES string of the molecule is CCOc1ccc2ccccc2c1/C=N\NC(=O)c1ccc2ccccc2n1. The van der Waals surface area contributed by atoms with E-state index >= 15 is 0 Å². The number of hydrogen-bond donors (Lipinski definition) is 1. The van der Waals surface area contributed by atoms with E-state index in [2.05, 4.69) is 15.5 Å². The van der Waals surface area contributed by atoms with E-state index in [9.17, 15) is 4.79 Å². The molecule has 1 aromatic heterocycles. The lowest BCUT2D eigenvalue weighted by Gasteiger charge is -2.10. The van der Waals surface area contributed by atoms with E-state index in [-0.39, 0.29) is 5.91 Å². The maximum atomic E-state index is 12.4. The molecule has 0 saturated heterocycles. The molecule has 138 valence electrons. The van der Waals surface area contributed by atoms with Gasteiger partial charge in [-0.3, -0.25) is 4.79 Å². The number of rotatable bonds is 5. The molecular formula is C23H19N3O2. The molecule has 4 rings (SSSR count). The van der Waals surface area contributed by atoms with Gasteiger partial charge in [-0.2, -0.15) is 5.10 Å². The topological polar surface area (TPSA) is 63.6 Å². The number of benzene rings is 3. The van der Waals surface area contributed by atoms with E-state index < -0.39 is 0 Å². The molecule has 1 heterocycles. The smallest absolute Gasteiger partial charge is 0.289 e. The van der Waals surface area contributed by atoms with Gasteiger partial charge in [-0.15, -0.1) is 0 Å². The number of amides is 1. The molecule has 0 aliphatic rings. The molecule has 0 aliphatic heterocycles. The predicted octanol–water partition coefficient (Wildman–Crippen LogP) is 4.55. The minimum Gasteiger partial charge on any atom is -0.493 e. The van der Waals surface area contributed by atoms with Crippen LogP contribution in [0.3, 0.4) is 0 Å². The Labute approximate surface area is 162 Å². The Hall–Kier alpha value is -3.73. The Bertz CT molecular complexity index is 1180. The van der Waals surface area contributed by atoms with Crippen LogP contribution in [0.5, 0.6) is 5.75 Å². The number of hydrogen-bond acceptors (Lipinski definition) is 4. The number of nitrogens with zero attached hydrogens (tertiary/aromatic N) is 2. The number of carbonyl (C=O) groups is 1. The molecule has 0 spiro atoms. The summed E-state index contributed by atoms with van der Waals surface area (Å²) in [6.45, 7) is 2.48. The Morgan fingerprint density at radius 2 is 1.75 bits per heavy atom. The Kier molecular flexibility index (Phi) is 4.97. The monoisotopic (exact) mass is 369 g/mol. The lowest BCUT2D eigenvalue weighted by atomic mass is 10.0. The zero-order valence-electron chi connectivity index (χ0n) is 15.4. The number of pyridine rings is 1. The molecule has 0 fully saturated rings. The van der Waals surface area contributed by atoms with Gasteiger partial charge in [0.25, 0.3) is 5.91 Å². The molecule has 0 atom stereocenters. The van der Waals surface area contributed by atoms with Gasteiger partial charge < -0.3 is 4.74 Å². The van der Waals surface area contributed by atoms with Gasteiger partial charge in [0.15, 0.2) is 0 Å². The summed E-state index contributed by atoms with van der Waals surface area (Å²) in [6.07, 6.45) is 1.62. The van der Waals surface area contributed by atoms with E-state index in [4.69, 9.17) is 4.74 Å². The summed E-state index contributed by atoms with van der Waals surface area (Å²) in [5.41, 5.74) is 4.47. The summed E-state index contributed by atoms with van der Waals surface area (Å²) in [4.78, 5) is 16.8. The molecular weight excluding hydrogens is 350 g/mol. The number of nitrogens with one attached hydrogen (secondary N) is 1. The van der Waals surface area contributed by atoms with Crippen molar-refractivity contribution in [2.45, 2.75) is 6.92 Å². The van der Waals surface area contributed by atoms with Crippen LogP contribution in [0, 0.1) is 0 Å². The first kappa shape index (κ1) is 17.7. The van der Waals surface area contributed by atoms with Gasteiger partial charge in [0.05, 0.1) is 18.3 Å². The van der Waals surface area contributed by atoms with Gasteiger partial charge in [-0.25, -0.2) is 10.4 Å². The molecule has 5 nitrogen and oxygen atoms in total. The number of para-hydroxylation sites is 1. The maximum absolute atomic E-state index is 12.4. The van der Waals surface area contributed by atoms with Crippen LogP contribution in [-0.4, -0.2) is 23.7 Å². The highest BCUT2D eigenvalue weighted by atomic mass is 16.5. The van der Waals surface area contributed by atoms with Gasteiger partial charge in [-0.05, 0) is 35.9 Å². The van der Waals surface area contributed by atoms with Crippen molar-refractivity contribution >= 4 is 33.8 Å². The van der Waals surface area contributed by atoms with Crippen molar-refractivity contribution in [1.82, 2.24) is 10.4 Å². The number of hydrazone groups is 1. The number of carbonyl (C=O) groups excluding carboxylic acids is 1. The summed E-state index contributed by atoms with van der Waals surface area (Å²) in [5, 5.41) is 7.22. The van der Waals surface area contributed by atoms with Crippen LogP contribution < -0.4 is 10.2 Å². The average molecular weight is 369 g/mol. The van der Waals surface area contributed by atoms with Crippen LogP contribution in [0.2, 0.25) is 0 Å². The summed E-state index contributed by atoms with van der Waals surface area (Å²) in [5.74, 6) is 0.364. The van der Waals surface area contributed by atoms with E-state index in [1.165, 1.54) is 0 Å². The molecule has 4 aromatic rings. The molecule has 0 bridgehead atoms. The van der Waals surface area contributed by atoms with Crippen molar-refractivity contribution in [2.24, 2.45) is 5.10 Å². The van der Waals surface area contributed by atoms with Crippen molar-refractivity contribution in [3.63, 3.8) is 0 Å². The Morgan fingerprint density at radius 1 is 1.00 bits per heavy atom. The first-order chi connectivity index (χ1) is 13.8. The average Bonchev–Trinajstić information content (AvgIpc) is 2.74. The predicted molar refractivity (Wildman–Crippen MR) is 112 cm³/mol. The summed E-state index contributed by atoms with van der Waals surface area (Å²) >= 11 is 0. The van der Waals surface area contributed by atoms with E-state index in [1.54, 1.807) is 12.3 Å². The molecule has 0 saturated carbocycles. The summed E-state index contributed by atoms with van der Waals surface area (Å²) < 4.78 is 5.72. The highest BCUT2D eigenvalue weighted by molar-refractivity contribution is 6.03. The van der Waals surface area contributed by atoms with Crippen LogP contribution in [0.4, 0.5) is 0 Å². The fourth-order valence-corrected chi connectivity index (χ4v) is 3.10. The first-order valence-electron chi connectivity index (χ1n) is 9.10. The minimum atomic E-state index is -0.361. The van der Waals surface area contributed by atoms with Gasteiger partial charge in [-0.1, -0.05) is 54.6 Å². The zero-order chi connectivity index (χ0) is 19.3. The summed E-state index contributed by atoms with van der Waals surface area (Å²) in [6, 6.07) is 23.1. The van der Waals surface area contributed by atoms with Crippen molar-refractivity contribution in [3.8, 4) is 5.75 Å². The van der Waals surface area contributed by atoms with Crippen LogP contribution in [0.15, 0.2) is 77.9 Å². The van der Waals surface area contributed by atoms with Gasteiger partial charge in [0.2, 0.25) is 0 Å². The van der Waals surface area contributed by atoms with Crippen molar-refractivity contribution in [3.05, 3.63) is 84.1 Å². The first-order valence-corrected chi connectivity index (χ1v) is 9.10. The second-order valence-corrected chi connectivity index (χ2v) is 6.22. The van der Waals surface area contributed by atoms with E-state index in [0.717, 1.165) is 33.0 Å². The minimum absolute atomic E-state index is 0.318. The second kappa shape index (κ2) is 7.88. The van der Waals surface area contributed by atoms with Crippen molar-refractivity contribution < 1.29 is 9.53 Å². The largest absolute Gasteiger partial charge is 0.493 e. The molecule has 3 aromatic carbocycles. The highest BCUT2D eigenvalue weighted by Gasteiger charge is 2.09. The van der Waals surface area contributed by atoms with Crippen LogP contribution >= 0.6 is 0 Å². The van der Waals surface area contributed by atoms with E-state index in [1.807, 2.05) is 73.7 Å². The van der Waals surface area contributed by atoms with Crippen LogP contribution in [-0.2, 0) is 0 Å². The van der Waals surface area contributed by atoms with Gasteiger partial charge in [0, 0.05) is 10.9 Å². The van der Waals surface area contributed by atoms with Crippen LogP contribution in [0.25, 0.3) is 21.7 Å². The third kappa shape index (κ3) is 3.55. The number of aromatic nitrogens is 1. The lowest BCUT2D eigenvalue weighted by Crippen LogP contribution is -2.19. The normalized spacial score (nSPS) is 11.2. The molecule has 0 radical (unpaired) electrons. The maximum Gasteiger partial charge on any atom is 0.289 e. The third-order valence-corrected chi connectivity index (χ3v) is 4.42. The van der Waals surface area contributed by atoms with Crippen molar-refractivity contribution in [2.75, 3.05) is 6.61 Å². The lowest BCUT2D eigenvalue weighted by molar-refractivity contribution is 0.0950. The third-order valence-electron chi connectivity index (χ3n) is 4.42. The molecule has 1 amide bonds. The van der Waals surface area contributed by atoms with E-state index in [0.29, 0.717) is 12.3 Å². The number of ether oxygens (including phenoxy) is 1. The standard InChI is InChI=1S/C23H19N3O2/c1-2-28-22-14-12-16-7-3-5-9-18(16)19(22)15-24-26-23(27)21-13-11-17-8-4-6-10-20(17)25-21/h3-15H,2H2,1H3,(H,26,27)/b24-15-. The molecule has 28 heavy (non-hydrogen) atoms. The van der Waals surface area contributed by atoms with Crippen molar-refractivity contribution in [1.29, 1.82) is 0 Å². The fraction of sp³-hybridized carbons (Fsp3) is 0.0870. The molecule has 0 unspecified atom stereocenters. The molecule has 5 heteroatoms. The number of fused-ring (bicyclic) bond motifs is 2. The second-order valence-electron chi connectivity index (χ2n) is 6.22. The zero-order valence-corrected chi connectivity index (χ0v) is 15.4. The quantitative estimate of drug-likeness (QED) is 0.415. The molecule has 1 N–H and O–H groups in total. The van der Waals surface area contributed by atoms with Crippen LogP contribution in [0.1, 0.15) is 23.0 Å². The Balaban J connectivity index is 1.60. The Morgan fingerprint density at radius 3 is 2.61 bits per heavy atom. The fourth-order valence-electron chi connectivity index (χ4n) is 3.10. The summed E-state index contributed by atoms with van der Waals surface area (Å²) in [7, 11) is 0.